The summed E-state index contributed by atoms with van der Waals surface area (Å²) in [5.41, 5.74) is 7.24. The highest BCUT2D eigenvalue weighted by atomic mass is 16.4. The summed E-state index contributed by atoms with van der Waals surface area (Å²) >= 11 is 0. The van der Waals surface area contributed by atoms with E-state index in [9.17, 15) is 4.79 Å². The topological polar surface area (TPSA) is 181 Å². The summed E-state index contributed by atoms with van der Waals surface area (Å²) in [5, 5.41) is 31.0. The highest BCUT2D eigenvalue weighted by Crippen LogP contribution is 2.09. The van der Waals surface area contributed by atoms with Crippen LogP contribution in [-0.4, -0.2) is 48.7 Å². The fourth-order valence-electron chi connectivity index (χ4n) is 1.22. The van der Waals surface area contributed by atoms with Crippen LogP contribution >= 0.6 is 0 Å². The van der Waals surface area contributed by atoms with E-state index in [1.807, 2.05) is 12.1 Å². The van der Waals surface area contributed by atoms with Gasteiger partial charge in [-0.3, -0.25) is 4.79 Å². The van der Waals surface area contributed by atoms with Crippen LogP contribution in [0.2, 0.25) is 0 Å². The molecule has 11 nitrogen and oxygen atoms in total. The first-order valence-electron chi connectivity index (χ1n) is 6.01. The van der Waals surface area contributed by atoms with Crippen molar-refractivity contribution in [1.29, 1.82) is 0 Å². The summed E-state index contributed by atoms with van der Waals surface area (Å²) in [7, 11) is 0. The number of hydrogen-bond donors (Lipinski definition) is 4. The first-order valence-corrected chi connectivity index (χ1v) is 6.01. The van der Waals surface area contributed by atoms with Crippen LogP contribution in [0.4, 0.5) is 5.69 Å². The van der Waals surface area contributed by atoms with Gasteiger partial charge in [0.15, 0.2) is 5.69 Å². The number of benzene rings is 1. The number of hydrogen-bond acceptors (Lipinski definition) is 8. The molecule has 120 valence electrons. The fourth-order valence-corrected chi connectivity index (χ4v) is 1.22. The number of nitrogens with one attached hydrogen (secondary N) is 1. The number of anilines is 1. The maximum absolute atomic E-state index is 11.7. The molecule has 0 saturated carbocycles. The first-order chi connectivity index (χ1) is 10.9. The zero-order chi connectivity index (χ0) is 17.2. The molecule has 1 heterocycles. The number of nitrogens with zero attached hydrogens (tertiary/aromatic N) is 4. The number of nitrogens with two attached hydrogens (primary N) is 1. The molecule has 0 bridgehead atoms. The van der Waals surface area contributed by atoms with Gasteiger partial charge in [-0.05, 0) is 28.1 Å². The van der Waals surface area contributed by atoms with Crippen molar-refractivity contribution in [3.8, 4) is 0 Å². The number of aliphatic carboxylic acids is 2. The Hall–Kier alpha value is -3.47. The Labute approximate surface area is 129 Å². The van der Waals surface area contributed by atoms with Crippen LogP contribution < -0.4 is 11.1 Å². The van der Waals surface area contributed by atoms with Gasteiger partial charge in [-0.1, -0.05) is 12.1 Å². The summed E-state index contributed by atoms with van der Waals surface area (Å²) in [6.45, 7) is 0.466. The molecule has 0 aliphatic carbocycles. The van der Waals surface area contributed by atoms with Crippen LogP contribution in [0.1, 0.15) is 16.1 Å². The van der Waals surface area contributed by atoms with Crippen molar-refractivity contribution in [3.63, 3.8) is 0 Å². The summed E-state index contributed by atoms with van der Waals surface area (Å²) in [5.74, 6) is -4.03. The van der Waals surface area contributed by atoms with E-state index in [-0.39, 0.29) is 11.6 Å². The molecule has 5 N–H and O–H groups in total. The monoisotopic (exact) mass is 320 g/mol. The Morgan fingerprint density at radius 3 is 2.09 bits per heavy atom. The van der Waals surface area contributed by atoms with Gasteiger partial charge in [-0.25, -0.2) is 9.59 Å². The zero-order valence-electron chi connectivity index (χ0n) is 11.6. The van der Waals surface area contributed by atoms with Crippen molar-refractivity contribution in [2.24, 2.45) is 5.73 Å². The van der Waals surface area contributed by atoms with Crippen molar-refractivity contribution in [1.82, 2.24) is 20.6 Å². The van der Waals surface area contributed by atoms with Crippen molar-refractivity contribution >= 4 is 23.5 Å². The number of carboxylic acids is 2. The molecule has 0 fully saturated rings. The molecular weight excluding hydrogens is 308 g/mol. The number of amides is 1. The van der Waals surface area contributed by atoms with Gasteiger partial charge in [-0.15, -0.1) is 10.2 Å². The number of carboxylic acid groups (broad SMARTS) is 2. The maximum Gasteiger partial charge on any atom is 0.414 e. The van der Waals surface area contributed by atoms with Crippen LogP contribution in [0.25, 0.3) is 0 Å². The van der Waals surface area contributed by atoms with Crippen molar-refractivity contribution in [2.75, 3.05) is 5.32 Å². The molecule has 0 unspecified atom stereocenters. The lowest BCUT2D eigenvalue weighted by Crippen LogP contribution is -2.15. The van der Waals surface area contributed by atoms with E-state index in [1.165, 1.54) is 6.20 Å². The third kappa shape index (κ3) is 6.22. The van der Waals surface area contributed by atoms with Gasteiger partial charge in [0.05, 0.1) is 6.20 Å². The van der Waals surface area contributed by atoms with Gasteiger partial charge in [-0.2, -0.15) is 0 Å². The second-order valence-electron chi connectivity index (χ2n) is 3.87. The second kappa shape index (κ2) is 8.74. The smallest absolute Gasteiger partial charge is 0.414 e. The molecule has 1 aromatic carbocycles. The van der Waals surface area contributed by atoms with Gasteiger partial charge < -0.3 is 21.3 Å². The van der Waals surface area contributed by atoms with Crippen LogP contribution in [0.15, 0.2) is 30.5 Å². The fraction of sp³-hybridized carbons (Fsp3) is 0.0833. The van der Waals surface area contributed by atoms with Crippen molar-refractivity contribution in [2.45, 2.75) is 6.54 Å². The standard InChI is InChI=1S/C10H10N6O.C2H2O4/c11-5-7-1-3-8(4-2-7)13-10(17)9-6-12-15-16-14-9;3-1(4)2(5)6/h1-4,6H,5,11H2,(H,13,17);(H,3,4)(H,5,6). The van der Waals surface area contributed by atoms with E-state index < -0.39 is 11.9 Å². The predicted octanol–water partition coefficient (Wildman–Crippen LogP) is -0.867. The van der Waals surface area contributed by atoms with Crippen LogP contribution in [0.3, 0.4) is 0 Å². The predicted molar refractivity (Wildman–Crippen MR) is 75.2 cm³/mol. The molecular formula is C12H12N6O5. The molecule has 2 aromatic rings. The molecule has 1 aromatic heterocycles. The highest BCUT2D eigenvalue weighted by molar-refractivity contribution is 6.27. The zero-order valence-corrected chi connectivity index (χ0v) is 11.6. The van der Waals surface area contributed by atoms with Gasteiger partial charge in [0.1, 0.15) is 0 Å². The molecule has 23 heavy (non-hydrogen) atoms. The minimum absolute atomic E-state index is 0.114. The van der Waals surface area contributed by atoms with Crippen LogP contribution in [0.5, 0.6) is 0 Å². The molecule has 2 rings (SSSR count). The quantitative estimate of drug-likeness (QED) is 0.519. The summed E-state index contributed by atoms with van der Waals surface area (Å²) in [4.78, 5) is 29.9. The van der Waals surface area contributed by atoms with Crippen LogP contribution in [-0.2, 0) is 16.1 Å². The number of rotatable bonds is 3. The lowest BCUT2D eigenvalue weighted by molar-refractivity contribution is -0.159. The minimum atomic E-state index is -1.82. The van der Waals surface area contributed by atoms with E-state index >= 15 is 0 Å². The average Bonchev–Trinajstić information content (AvgIpc) is 2.57. The van der Waals surface area contributed by atoms with Gasteiger partial charge in [0.2, 0.25) is 0 Å². The molecule has 0 saturated heterocycles. The van der Waals surface area contributed by atoms with E-state index in [0.717, 1.165) is 5.56 Å². The van der Waals surface area contributed by atoms with Gasteiger partial charge in [0.25, 0.3) is 5.91 Å². The van der Waals surface area contributed by atoms with Gasteiger partial charge in [0, 0.05) is 12.2 Å². The largest absolute Gasteiger partial charge is 0.473 e. The minimum Gasteiger partial charge on any atom is -0.473 e. The van der Waals surface area contributed by atoms with E-state index in [0.29, 0.717) is 12.2 Å². The molecule has 1 amide bonds. The van der Waals surface area contributed by atoms with E-state index in [1.54, 1.807) is 12.1 Å². The normalized spacial score (nSPS) is 9.26. The molecule has 0 spiro atoms. The number of aromatic nitrogens is 4. The molecule has 0 aliphatic heterocycles. The first kappa shape index (κ1) is 17.6. The average molecular weight is 320 g/mol. The SMILES string of the molecule is NCc1ccc(NC(=O)c2cnnnn2)cc1.O=C(O)C(=O)O. The second-order valence-corrected chi connectivity index (χ2v) is 3.87. The molecule has 0 radical (unpaired) electrons. The summed E-state index contributed by atoms with van der Waals surface area (Å²) in [6, 6.07) is 7.21. The summed E-state index contributed by atoms with van der Waals surface area (Å²) in [6.07, 6.45) is 1.25. The lowest BCUT2D eigenvalue weighted by Gasteiger charge is -2.04. The molecule has 0 atom stereocenters. The van der Waals surface area contributed by atoms with E-state index in [2.05, 4.69) is 25.9 Å². The van der Waals surface area contributed by atoms with Crippen molar-refractivity contribution in [3.05, 3.63) is 41.7 Å². The van der Waals surface area contributed by atoms with E-state index in [4.69, 9.17) is 25.5 Å². The Morgan fingerprint density at radius 2 is 1.65 bits per heavy atom. The summed E-state index contributed by atoms with van der Waals surface area (Å²) < 4.78 is 0. The Bertz CT molecular complexity index is 664. The van der Waals surface area contributed by atoms with Crippen molar-refractivity contribution < 1.29 is 24.6 Å². The Morgan fingerprint density at radius 1 is 1.04 bits per heavy atom. The molecule has 11 heteroatoms. The number of carbonyl (C=O) groups excluding carboxylic acids is 1. The third-order valence-corrected chi connectivity index (χ3v) is 2.29. The third-order valence-electron chi connectivity index (χ3n) is 2.29. The maximum atomic E-state index is 11.7. The van der Waals surface area contributed by atoms with Crippen LogP contribution in [0, 0.1) is 0 Å². The Kier molecular flexibility index (Phi) is 6.68. The Balaban J connectivity index is 0.000000379. The van der Waals surface area contributed by atoms with Gasteiger partial charge >= 0.3 is 11.9 Å². The number of carbonyl (C=O) groups is 3. The molecule has 0 aliphatic rings. The highest BCUT2D eigenvalue weighted by Gasteiger charge is 2.08. The lowest BCUT2D eigenvalue weighted by atomic mass is 10.2.